The van der Waals surface area contributed by atoms with Crippen molar-refractivity contribution in [3.63, 3.8) is 0 Å². The molecule has 1 atom stereocenters. The molecule has 2 rings (SSSR count). The molecule has 1 aromatic heterocycles. The number of amides is 1. The highest BCUT2D eigenvalue weighted by atomic mass is 32.2. The molecule has 2 heterocycles. The van der Waals surface area contributed by atoms with E-state index in [2.05, 4.69) is 15.3 Å². The molecule has 128 valence electrons. The number of carbonyl (C=O) groups is 1. The fraction of sp³-hybridized carbons (Fsp3) is 0.643. The molecule has 9 heteroatoms. The predicted octanol–water partition coefficient (Wildman–Crippen LogP) is 1.02. The van der Waals surface area contributed by atoms with Crippen LogP contribution in [0.4, 0.5) is 5.82 Å². The highest BCUT2D eigenvalue weighted by molar-refractivity contribution is 7.89. The van der Waals surface area contributed by atoms with Crippen LogP contribution in [0, 0.1) is 0 Å². The molecule has 0 spiro atoms. The largest absolute Gasteiger partial charge is 0.480 e. The number of sulfonamides is 1. The van der Waals surface area contributed by atoms with Crippen LogP contribution in [0.15, 0.2) is 12.4 Å². The molecule has 0 radical (unpaired) electrons. The summed E-state index contributed by atoms with van der Waals surface area (Å²) in [6.07, 6.45) is 5.40. The molecule has 1 fully saturated rings. The van der Waals surface area contributed by atoms with Gasteiger partial charge in [-0.25, -0.2) is 18.4 Å². The van der Waals surface area contributed by atoms with Crippen LogP contribution in [0.3, 0.4) is 0 Å². The van der Waals surface area contributed by atoms with Crippen molar-refractivity contribution < 1.29 is 17.9 Å². The maximum absolute atomic E-state index is 12.5. The Morgan fingerprint density at radius 2 is 2.17 bits per heavy atom. The van der Waals surface area contributed by atoms with Crippen molar-refractivity contribution in [2.75, 3.05) is 24.7 Å². The number of ether oxygens (including phenoxy) is 1. The summed E-state index contributed by atoms with van der Waals surface area (Å²) in [5, 5.41) is 2.63. The van der Waals surface area contributed by atoms with E-state index in [1.807, 2.05) is 6.92 Å². The average Bonchev–Trinajstić information content (AvgIpc) is 2.55. The zero-order chi connectivity index (χ0) is 16.9. The van der Waals surface area contributed by atoms with Gasteiger partial charge in [0.25, 0.3) is 0 Å². The quantitative estimate of drug-likeness (QED) is 0.828. The number of nitrogens with one attached hydrogen (secondary N) is 1. The number of aromatic nitrogens is 2. The number of rotatable bonds is 6. The topological polar surface area (TPSA) is 101 Å². The Kier molecular flexibility index (Phi) is 5.89. The Bertz CT molecular complexity index is 633. The number of hydrogen-bond donors (Lipinski definition) is 1. The molecule has 1 aromatic rings. The van der Waals surface area contributed by atoms with Gasteiger partial charge in [-0.2, -0.15) is 4.31 Å². The van der Waals surface area contributed by atoms with Crippen LogP contribution < -0.4 is 10.1 Å². The Morgan fingerprint density at radius 1 is 1.39 bits per heavy atom. The zero-order valence-corrected chi connectivity index (χ0v) is 14.2. The molecule has 1 aliphatic heterocycles. The summed E-state index contributed by atoms with van der Waals surface area (Å²) in [6.45, 7) is 2.19. The minimum atomic E-state index is -3.41. The van der Waals surface area contributed by atoms with Gasteiger partial charge in [0, 0.05) is 6.54 Å². The summed E-state index contributed by atoms with van der Waals surface area (Å²) in [6, 6.07) is -0.691. The van der Waals surface area contributed by atoms with Crippen molar-refractivity contribution in [2.45, 2.75) is 38.6 Å². The van der Waals surface area contributed by atoms with Crippen LogP contribution in [0.5, 0.6) is 5.88 Å². The fourth-order valence-electron chi connectivity index (χ4n) is 2.57. The zero-order valence-electron chi connectivity index (χ0n) is 13.4. The maximum Gasteiger partial charge on any atom is 0.244 e. The standard InChI is InChI=1S/C14H22N4O4S/c1-3-8-23(20,21)18-7-5-4-6-11(18)14(19)17-12-9-16-13(22-2)10-15-12/h9-11H,3-8H2,1-2H3,(H,15,17,19). The van der Waals surface area contributed by atoms with Gasteiger partial charge in [0.2, 0.25) is 21.8 Å². The van der Waals surface area contributed by atoms with Crippen LogP contribution in [-0.2, 0) is 14.8 Å². The summed E-state index contributed by atoms with van der Waals surface area (Å²) in [4.78, 5) is 20.4. The van der Waals surface area contributed by atoms with Gasteiger partial charge in [0.05, 0.1) is 25.3 Å². The molecule has 8 nitrogen and oxygen atoms in total. The van der Waals surface area contributed by atoms with Gasteiger partial charge in [-0.15, -0.1) is 0 Å². The van der Waals surface area contributed by atoms with Gasteiger partial charge >= 0.3 is 0 Å². The summed E-state index contributed by atoms with van der Waals surface area (Å²) in [5.74, 6) is 0.296. The Hall–Kier alpha value is -1.74. The van der Waals surface area contributed by atoms with Crippen molar-refractivity contribution in [3.05, 3.63) is 12.4 Å². The Morgan fingerprint density at radius 3 is 2.78 bits per heavy atom. The molecule has 23 heavy (non-hydrogen) atoms. The second-order valence-electron chi connectivity index (χ2n) is 5.37. The first-order chi connectivity index (χ1) is 11.0. The van der Waals surface area contributed by atoms with E-state index in [4.69, 9.17) is 4.74 Å². The first-order valence-electron chi connectivity index (χ1n) is 7.64. The lowest BCUT2D eigenvalue weighted by molar-refractivity contribution is -0.120. The van der Waals surface area contributed by atoms with E-state index in [1.165, 1.54) is 23.8 Å². The van der Waals surface area contributed by atoms with E-state index >= 15 is 0 Å². The first-order valence-corrected chi connectivity index (χ1v) is 9.25. The maximum atomic E-state index is 12.5. The summed E-state index contributed by atoms with van der Waals surface area (Å²) < 4.78 is 30.9. The Labute approximate surface area is 136 Å². The van der Waals surface area contributed by atoms with E-state index in [0.717, 1.165) is 12.8 Å². The minimum absolute atomic E-state index is 0.0547. The first kappa shape index (κ1) is 17.6. The van der Waals surface area contributed by atoms with Gasteiger partial charge in [0.1, 0.15) is 6.04 Å². The lowest BCUT2D eigenvalue weighted by atomic mass is 10.0. The Balaban J connectivity index is 2.11. The molecule has 0 bridgehead atoms. The normalized spacial score (nSPS) is 19.3. The van der Waals surface area contributed by atoms with E-state index in [-0.39, 0.29) is 17.5 Å². The monoisotopic (exact) mass is 342 g/mol. The average molecular weight is 342 g/mol. The summed E-state index contributed by atoms with van der Waals surface area (Å²) in [5.41, 5.74) is 0. The highest BCUT2D eigenvalue weighted by Crippen LogP contribution is 2.22. The predicted molar refractivity (Wildman–Crippen MR) is 85.6 cm³/mol. The van der Waals surface area contributed by atoms with Crippen molar-refractivity contribution >= 4 is 21.7 Å². The number of piperidine rings is 1. The fourth-order valence-corrected chi connectivity index (χ4v) is 4.32. The van der Waals surface area contributed by atoms with Crippen molar-refractivity contribution in [1.29, 1.82) is 0 Å². The van der Waals surface area contributed by atoms with E-state index in [9.17, 15) is 13.2 Å². The van der Waals surface area contributed by atoms with Gasteiger partial charge in [0.15, 0.2) is 5.82 Å². The second-order valence-corrected chi connectivity index (χ2v) is 7.41. The van der Waals surface area contributed by atoms with Gasteiger partial charge in [-0.1, -0.05) is 13.3 Å². The SMILES string of the molecule is CCCS(=O)(=O)N1CCCCC1C(=O)Nc1cnc(OC)cn1. The van der Waals surface area contributed by atoms with E-state index < -0.39 is 16.1 Å². The molecule has 1 saturated heterocycles. The number of carbonyl (C=O) groups excluding carboxylic acids is 1. The van der Waals surface area contributed by atoms with Crippen LogP contribution in [0.2, 0.25) is 0 Å². The lowest BCUT2D eigenvalue weighted by Gasteiger charge is -2.33. The molecular weight excluding hydrogens is 320 g/mol. The van der Waals surface area contributed by atoms with Crippen LogP contribution in [0.1, 0.15) is 32.6 Å². The molecule has 0 aromatic carbocycles. The van der Waals surface area contributed by atoms with Crippen molar-refractivity contribution in [2.24, 2.45) is 0 Å². The number of nitrogens with zero attached hydrogens (tertiary/aromatic N) is 3. The van der Waals surface area contributed by atoms with Crippen LogP contribution in [-0.4, -0.2) is 54.0 Å². The molecule has 1 N–H and O–H groups in total. The lowest BCUT2D eigenvalue weighted by Crippen LogP contribution is -2.50. The van der Waals surface area contributed by atoms with Crippen molar-refractivity contribution in [3.8, 4) is 5.88 Å². The molecule has 0 saturated carbocycles. The number of anilines is 1. The summed E-state index contributed by atoms with van der Waals surface area (Å²) >= 11 is 0. The van der Waals surface area contributed by atoms with Gasteiger partial charge in [-0.3, -0.25) is 4.79 Å². The molecule has 1 aliphatic rings. The van der Waals surface area contributed by atoms with E-state index in [1.54, 1.807) is 0 Å². The summed E-state index contributed by atoms with van der Waals surface area (Å²) in [7, 11) is -1.94. The number of hydrogen-bond acceptors (Lipinski definition) is 6. The second kappa shape index (κ2) is 7.69. The minimum Gasteiger partial charge on any atom is -0.480 e. The van der Waals surface area contributed by atoms with Gasteiger partial charge in [-0.05, 0) is 19.3 Å². The molecule has 0 aliphatic carbocycles. The van der Waals surface area contributed by atoms with Crippen LogP contribution in [0.25, 0.3) is 0 Å². The third-order valence-corrected chi connectivity index (χ3v) is 5.74. The highest BCUT2D eigenvalue weighted by Gasteiger charge is 2.36. The molecule has 1 amide bonds. The third kappa shape index (κ3) is 4.38. The van der Waals surface area contributed by atoms with Crippen LogP contribution >= 0.6 is 0 Å². The molecule has 1 unspecified atom stereocenters. The molecular formula is C14H22N4O4S. The number of methoxy groups -OCH3 is 1. The smallest absolute Gasteiger partial charge is 0.244 e. The van der Waals surface area contributed by atoms with Gasteiger partial charge < -0.3 is 10.1 Å². The van der Waals surface area contributed by atoms with Crippen molar-refractivity contribution in [1.82, 2.24) is 14.3 Å². The third-order valence-electron chi connectivity index (χ3n) is 3.66. The van der Waals surface area contributed by atoms with E-state index in [0.29, 0.717) is 25.3 Å².